The van der Waals surface area contributed by atoms with Crippen LogP contribution in [0.1, 0.15) is 21.5 Å². The van der Waals surface area contributed by atoms with Gasteiger partial charge in [0.05, 0.1) is 10.5 Å². The number of ketones is 1. The highest BCUT2D eigenvalue weighted by molar-refractivity contribution is 7.90. The maximum absolute atomic E-state index is 13.7. The van der Waals surface area contributed by atoms with Crippen LogP contribution in [0, 0.1) is 12.7 Å². The van der Waals surface area contributed by atoms with Crippen LogP contribution in [0.15, 0.2) is 66.1 Å². The van der Waals surface area contributed by atoms with E-state index in [9.17, 15) is 17.6 Å². The number of halogens is 1. The normalized spacial score (nSPS) is 11.4. The Morgan fingerprint density at radius 3 is 2.50 bits per heavy atom. The first-order valence-corrected chi connectivity index (χ1v) is 8.48. The van der Waals surface area contributed by atoms with Crippen LogP contribution in [-0.2, 0) is 10.0 Å². The van der Waals surface area contributed by atoms with E-state index >= 15 is 0 Å². The third kappa shape index (κ3) is 2.85. The van der Waals surface area contributed by atoms with Gasteiger partial charge in [0.25, 0.3) is 10.0 Å². The molecule has 0 N–H and O–H groups in total. The average Bonchev–Trinajstić information content (AvgIpc) is 3.06. The van der Waals surface area contributed by atoms with Gasteiger partial charge in [0.2, 0.25) is 0 Å². The maximum atomic E-state index is 13.7. The first-order valence-electron chi connectivity index (χ1n) is 7.04. The van der Waals surface area contributed by atoms with Gasteiger partial charge < -0.3 is 0 Å². The van der Waals surface area contributed by atoms with E-state index in [2.05, 4.69) is 4.98 Å². The van der Waals surface area contributed by atoms with Gasteiger partial charge >= 0.3 is 0 Å². The second-order valence-corrected chi connectivity index (χ2v) is 7.08. The van der Waals surface area contributed by atoms with Gasteiger partial charge in [-0.05, 0) is 31.2 Å². The van der Waals surface area contributed by atoms with Gasteiger partial charge in [-0.3, -0.25) is 9.78 Å². The minimum atomic E-state index is -3.81. The Hall–Kier alpha value is -2.80. The van der Waals surface area contributed by atoms with Gasteiger partial charge in [-0.15, -0.1) is 0 Å². The zero-order valence-corrected chi connectivity index (χ0v) is 13.5. The number of rotatable bonds is 4. The SMILES string of the molecule is Cc1ccc(S(=O)(=O)n2ccc(C(=O)c3cnccc3F)c2)cc1. The summed E-state index contributed by atoms with van der Waals surface area (Å²) in [5.41, 5.74) is 0.796. The van der Waals surface area contributed by atoms with Crippen molar-refractivity contribution in [2.24, 2.45) is 0 Å². The van der Waals surface area contributed by atoms with Crippen molar-refractivity contribution in [2.75, 3.05) is 0 Å². The lowest BCUT2D eigenvalue weighted by Crippen LogP contribution is -2.11. The van der Waals surface area contributed by atoms with E-state index in [1.54, 1.807) is 12.1 Å². The Morgan fingerprint density at radius 2 is 1.83 bits per heavy atom. The predicted octanol–water partition coefficient (Wildman–Crippen LogP) is 2.80. The average molecular weight is 344 g/mol. The van der Waals surface area contributed by atoms with E-state index in [0.717, 1.165) is 21.8 Å². The number of hydrogen-bond donors (Lipinski definition) is 0. The van der Waals surface area contributed by atoms with Crippen molar-refractivity contribution in [3.05, 3.63) is 83.7 Å². The number of aryl methyl sites for hydroxylation is 1. The molecule has 24 heavy (non-hydrogen) atoms. The van der Waals surface area contributed by atoms with E-state index in [1.165, 1.54) is 36.8 Å². The lowest BCUT2D eigenvalue weighted by Gasteiger charge is -2.05. The molecule has 0 amide bonds. The molecule has 5 nitrogen and oxygen atoms in total. The minimum absolute atomic E-state index is 0.0672. The highest BCUT2D eigenvalue weighted by atomic mass is 32.2. The number of benzene rings is 1. The molecule has 0 bridgehead atoms. The van der Waals surface area contributed by atoms with Crippen molar-refractivity contribution in [2.45, 2.75) is 11.8 Å². The molecule has 0 fully saturated rings. The van der Waals surface area contributed by atoms with E-state index in [-0.39, 0.29) is 16.0 Å². The summed E-state index contributed by atoms with van der Waals surface area (Å²) < 4.78 is 39.7. The molecule has 0 saturated heterocycles. The monoisotopic (exact) mass is 344 g/mol. The molecule has 3 rings (SSSR count). The van der Waals surface area contributed by atoms with Crippen LogP contribution in [0.5, 0.6) is 0 Å². The van der Waals surface area contributed by atoms with Crippen molar-refractivity contribution in [3.8, 4) is 0 Å². The van der Waals surface area contributed by atoms with Gasteiger partial charge in [0, 0.05) is 30.4 Å². The topological polar surface area (TPSA) is 69.0 Å². The number of pyridine rings is 1. The summed E-state index contributed by atoms with van der Waals surface area (Å²) in [6.07, 6.45) is 4.78. The van der Waals surface area contributed by atoms with Crippen LogP contribution in [0.25, 0.3) is 0 Å². The zero-order chi connectivity index (χ0) is 17.3. The Labute approximate surface area is 138 Å². The molecule has 122 valence electrons. The highest BCUT2D eigenvalue weighted by Gasteiger charge is 2.20. The van der Waals surface area contributed by atoms with Gasteiger partial charge in [-0.2, -0.15) is 0 Å². The Bertz CT molecular complexity index is 1010. The maximum Gasteiger partial charge on any atom is 0.267 e. The number of hydrogen-bond acceptors (Lipinski definition) is 4. The number of aromatic nitrogens is 2. The van der Waals surface area contributed by atoms with Crippen molar-refractivity contribution < 1.29 is 17.6 Å². The Kier molecular flexibility index (Phi) is 4.02. The van der Waals surface area contributed by atoms with Crippen molar-refractivity contribution in [1.29, 1.82) is 0 Å². The van der Waals surface area contributed by atoms with E-state index in [0.29, 0.717) is 0 Å². The van der Waals surface area contributed by atoms with E-state index in [4.69, 9.17) is 0 Å². The third-order valence-electron chi connectivity index (χ3n) is 3.54. The largest absolute Gasteiger partial charge is 0.288 e. The Balaban J connectivity index is 1.97. The van der Waals surface area contributed by atoms with Crippen LogP contribution in [0.3, 0.4) is 0 Å². The molecule has 0 aliphatic heterocycles. The van der Waals surface area contributed by atoms with Crippen molar-refractivity contribution in [1.82, 2.24) is 8.96 Å². The van der Waals surface area contributed by atoms with E-state index < -0.39 is 21.6 Å². The fourth-order valence-corrected chi connectivity index (χ4v) is 3.39. The van der Waals surface area contributed by atoms with Crippen LogP contribution in [0.4, 0.5) is 4.39 Å². The van der Waals surface area contributed by atoms with Crippen LogP contribution in [0.2, 0.25) is 0 Å². The molecule has 0 radical (unpaired) electrons. The molecule has 0 saturated carbocycles. The standard InChI is InChI=1S/C17H13FN2O3S/c1-12-2-4-14(5-3-12)24(22,23)20-9-7-13(11-20)17(21)15-10-19-8-6-16(15)18/h2-11H,1H3. The molecule has 2 aromatic heterocycles. The van der Waals surface area contributed by atoms with Crippen molar-refractivity contribution in [3.63, 3.8) is 0 Å². The van der Waals surface area contributed by atoms with Gasteiger partial charge in [-0.25, -0.2) is 16.8 Å². The summed E-state index contributed by atoms with van der Waals surface area (Å²) in [5.74, 6) is -1.33. The molecular weight excluding hydrogens is 331 g/mol. The smallest absolute Gasteiger partial charge is 0.267 e. The fourth-order valence-electron chi connectivity index (χ4n) is 2.19. The summed E-state index contributed by atoms with van der Waals surface area (Å²) in [4.78, 5) is 16.1. The summed E-state index contributed by atoms with van der Waals surface area (Å²) in [5, 5.41) is 0. The quantitative estimate of drug-likeness (QED) is 0.683. The molecule has 0 spiro atoms. The number of carbonyl (C=O) groups excluding carboxylic acids is 1. The second kappa shape index (κ2) is 6.01. The Morgan fingerprint density at radius 1 is 1.12 bits per heavy atom. The predicted molar refractivity (Wildman–Crippen MR) is 85.8 cm³/mol. The molecule has 0 aliphatic rings. The molecule has 1 aromatic carbocycles. The zero-order valence-electron chi connectivity index (χ0n) is 12.7. The molecule has 0 atom stereocenters. The van der Waals surface area contributed by atoms with Gasteiger partial charge in [0.1, 0.15) is 5.82 Å². The third-order valence-corrected chi connectivity index (χ3v) is 5.19. The molecule has 0 unspecified atom stereocenters. The fraction of sp³-hybridized carbons (Fsp3) is 0.0588. The number of carbonyl (C=O) groups is 1. The van der Waals surface area contributed by atoms with Crippen molar-refractivity contribution >= 4 is 15.8 Å². The summed E-state index contributed by atoms with van der Waals surface area (Å²) in [6, 6.07) is 8.77. The van der Waals surface area contributed by atoms with Crippen LogP contribution in [-0.4, -0.2) is 23.2 Å². The second-order valence-electron chi connectivity index (χ2n) is 5.23. The minimum Gasteiger partial charge on any atom is -0.288 e. The van der Waals surface area contributed by atoms with E-state index in [1.807, 2.05) is 6.92 Å². The summed E-state index contributed by atoms with van der Waals surface area (Å²) >= 11 is 0. The first kappa shape index (κ1) is 16.1. The highest BCUT2D eigenvalue weighted by Crippen LogP contribution is 2.18. The molecule has 3 aromatic rings. The van der Waals surface area contributed by atoms with Gasteiger partial charge in [-0.1, -0.05) is 17.7 Å². The lowest BCUT2D eigenvalue weighted by molar-refractivity contribution is 0.103. The molecule has 7 heteroatoms. The summed E-state index contributed by atoms with van der Waals surface area (Å²) in [6.45, 7) is 1.85. The first-order chi connectivity index (χ1) is 11.4. The van der Waals surface area contributed by atoms with Gasteiger partial charge in [0.15, 0.2) is 5.78 Å². The van der Waals surface area contributed by atoms with Crippen LogP contribution < -0.4 is 0 Å². The van der Waals surface area contributed by atoms with Crippen LogP contribution >= 0.6 is 0 Å². The number of nitrogens with zero attached hydrogens (tertiary/aromatic N) is 2. The lowest BCUT2D eigenvalue weighted by atomic mass is 10.1. The molecule has 0 aliphatic carbocycles. The summed E-state index contributed by atoms with van der Waals surface area (Å²) in [7, 11) is -3.81. The molecular formula is C17H13FN2O3S. The molecule has 2 heterocycles.